The van der Waals surface area contributed by atoms with Crippen molar-refractivity contribution in [2.75, 3.05) is 0 Å². The minimum absolute atomic E-state index is 0.775. The lowest BCUT2D eigenvalue weighted by Gasteiger charge is -2.38. The highest BCUT2D eigenvalue weighted by atomic mass is 14.4. The highest BCUT2D eigenvalue weighted by Gasteiger charge is 2.30. The van der Waals surface area contributed by atoms with Crippen LogP contribution in [-0.2, 0) is 0 Å². The van der Waals surface area contributed by atoms with Crippen LogP contribution in [0.3, 0.4) is 0 Å². The fourth-order valence-corrected chi connectivity index (χ4v) is 3.94. The molecule has 1 rings (SSSR count). The van der Waals surface area contributed by atoms with Gasteiger partial charge in [-0.1, -0.05) is 90.9 Å². The SMILES string of the molecule is CCCCCCCCCC1(CCCC)CCCCC1. The summed E-state index contributed by atoms with van der Waals surface area (Å²) in [4.78, 5) is 0. The Bertz CT molecular complexity index is 188. The molecule has 0 unspecified atom stereocenters. The summed E-state index contributed by atoms with van der Waals surface area (Å²) in [5, 5.41) is 0. The van der Waals surface area contributed by atoms with E-state index in [9.17, 15) is 0 Å². The van der Waals surface area contributed by atoms with E-state index in [2.05, 4.69) is 13.8 Å². The Morgan fingerprint density at radius 3 is 1.74 bits per heavy atom. The maximum Gasteiger partial charge on any atom is -0.0297 e. The molecule has 0 aromatic heterocycles. The molecule has 114 valence electrons. The molecule has 0 radical (unpaired) electrons. The predicted molar refractivity (Wildman–Crippen MR) is 87.7 cm³/mol. The van der Waals surface area contributed by atoms with E-state index in [-0.39, 0.29) is 0 Å². The van der Waals surface area contributed by atoms with Gasteiger partial charge in [0.1, 0.15) is 0 Å². The van der Waals surface area contributed by atoms with Gasteiger partial charge in [-0.15, -0.1) is 0 Å². The monoisotopic (exact) mass is 266 g/mol. The van der Waals surface area contributed by atoms with Crippen LogP contribution in [0.15, 0.2) is 0 Å². The van der Waals surface area contributed by atoms with Gasteiger partial charge in [0.2, 0.25) is 0 Å². The summed E-state index contributed by atoms with van der Waals surface area (Å²) in [5.74, 6) is 0. The molecule has 1 fully saturated rings. The summed E-state index contributed by atoms with van der Waals surface area (Å²) in [7, 11) is 0. The minimum Gasteiger partial charge on any atom is -0.0654 e. The number of unbranched alkanes of at least 4 members (excludes halogenated alkanes) is 7. The van der Waals surface area contributed by atoms with Gasteiger partial charge in [-0.2, -0.15) is 0 Å². The molecular weight excluding hydrogens is 228 g/mol. The Morgan fingerprint density at radius 1 is 0.579 bits per heavy atom. The quantitative estimate of drug-likeness (QED) is 0.345. The van der Waals surface area contributed by atoms with E-state index in [4.69, 9.17) is 0 Å². The standard InChI is InChI=1S/C19H38/c1-3-5-7-8-9-10-12-16-19(15-6-4-2)17-13-11-14-18-19/h3-18H2,1-2H3. The third-order valence-corrected chi connectivity index (χ3v) is 5.29. The first-order valence-electron chi connectivity index (χ1n) is 9.33. The first-order chi connectivity index (χ1) is 9.33. The van der Waals surface area contributed by atoms with Gasteiger partial charge in [0.25, 0.3) is 0 Å². The molecule has 0 aromatic carbocycles. The summed E-state index contributed by atoms with van der Waals surface area (Å²) in [5.41, 5.74) is 0.775. The van der Waals surface area contributed by atoms with Gasteiger partial charge < -0.3 is 0 Å². The topological polar surface area (TPSA) is 0 Å². The van der Waals surface area contributed by atoms with Crippen LogP contribution in [0.2, 0.25) is 0 Å². The van der Waals surface area contributed by atoms with Crippen LogP contribution in [0.5, 0.6) is 0 Å². The second kappa shape index (κ2) is 10.7. The lowest BCUT2D eigenvalue weighted by molar-refractivity contribution is 0.147. The molecule has 19 heavy (non-hydrogen) atoms. The Hall–Kier alpha value is 0. The fourth-order valence-electron chi connectivity index (χ4n) is 3.94. The highest BCUT2D eigenvalue weighted by molar-refractivity contribution is 4.82. The summed E-state index contributed by atoms with van der Waals surface area (Å²) in [6.45, 7) is 4.66. The maximum absolute atomic E-state index is 2.35. The molecule has 0 saturated heterocycles. The average molecular weight is 267 g/mol. The molecule has 0 amide bonds. The lowest BCUT2D eigenvalue weighted by Crippen LogP contribution is -2.24. The Kier molecular flexibility index (Phi) is 9.65. The van der Waals surface area contributed by atoms with Crippen LogP contribution < -0.4 is 0 Å². The average Bonchev–Trinajstić information content (AvgIpc) is 2.45. The van der Waals surface area contributed by atoms with Gasteiger partial charge in [-0.25, -0.2) is 0 Å². The normalized spacial score (nSPS) is 18.6. The van der Waals surface area contributed by atoms with Crippen LogP contribution in [0, 0.1) is 5.41 Å². The van der Waals surface area contributed by atoms with Gasteiger partial charge in [-0.05, 0) is 31.1 Å². The molecule has 1 saturated carbocycles. The first-order valence-corrected chi connectivity index (χ1v) is 9.33. The van der Waals surface area contributed by atoms with Crippen LogP contribution >= 0.6 is 0 Å². The van der Waals surface area contributed by atoms with E-state index >= 15 is 0 Å². The zero-order valence-electron chi connectivity index (χ0n) is 13.8. The second-order valence-electron chi connectivity index (χ2n) is 7.04. The summed E-state index contributed by atoms with van der Waals surface area (Å²) >= 11 is 0. The third-order valence-electron chi connectivity index (χ3n) is 5.29. The highest BCUT2D eigenvalue weighted by Crippen LogP contribution is 2.44. The first kappa shape index (κ1) is 17.1. The molecule has 0 N–H and O–H groups in total. The van der Waals surface area contributed by atoms with Gasteiger partial charge in [0, 0.05) is 0 Å². The third kappa shape index (κ3) is 7.37. The molecule has 0 aromatic rings. The van der Waals surface area contributed by atoms with Gasteiger partial charge in [-0.3, -0.25) is 0 Å². The van der Waals surface area contributed by atoms with Crippen LogP contribution in [0.25, 0.3) is 0 Å². The minimum atomic E-state index is 0.775. The predicted octanol–water partition coefficient (Wildman–Crippen LogP) is 7.27. The Morgan fingerprint density at radius 2 is 1.11 bits per heavy atom. The number of hydrogen-bond donors (Lipinski definition) is 0. The molecule has 0 nitrogen and oxygen atoms in total. The van der Waals surface area contributed by atoms with E-state index in [1.54, 1.807) is 19.3 Å². The fraction of sp³-hybridized carbons (Fsp3) is 1.00. The van der Waals surface area contributed by atoms with Crippen molar-refractivity contribution in [2.24, 2.45) is 5.41 Å². The van der Waals surface area contributed by atoms with Crippen molar-refractivity contribution in [1.82, 2.24) is 0 Å². The number of hydrogen-bond acceptors (Lipinski definition) is 0. The van der Waals surface area contributed by atoms with Crippen molar-refractivity contribution in [3.63, 3.8) is 0 Å². The largest absolute Gasteiger partial charge is 0.0654 e. The summed E-state index contributed by atoms with van der Waals surface area (Å²) in [6, 6.07) is 0. The molecular formula is C19H38. The molecule has 0 aliphatic heterocycles. The summed E-state index contributed by atoms with van der Waals surface area (Å²) in [6.07, 6.45) is 23.8. The van der Waals surface area contributed by atoms with E-state index in [1.165, 1.54) is 83.5 Å². The maximum atomic E-state index is 2.35. The zero-order valence-corrected chi connectivity index (χ0v) is 13.8. The molecule has 0 atom stereocenters. The lowest BCUT2D eigenvalue weighted by atomic mass is 9.68. The van der Waals surface area contributed by atoms with E-state index < -0.39 is 0 Å². The van der Waals surface area contributed by atoms with Crippen molar-refractivity contribution < 1.29 is 0 Å². The van der Waals surface area contributed by atoms with Crippen molar-refractivity contribution in [1.29, 1.82) is 0 Å². The van der Waals surface area contributed by atoms with Crippen LogP contribution in [0.4, 0.5) is 0 Å². The van der Waals surface area contributed by atoms with Gasteiger partial charge >= 0.3 is 0 Å². The Labute approximate surface area is 122 Å². The van der Waals surface area contributed by atoms with Crippen molar-refractivity contribution >= 4 is 0 Å². The van der Waals surface area contributed by atoms with E-state index in [0.29, 0.717) is 0 Å². The second-order valence-corrected chi connectivity index (χ2v) is 7.04. The molecule has 0 spiro atoms. The van der Waals surface area contributed by atoms with Crippen molar-refractivity contribution in [3.05, 3.63) is 0 Å². The van der Waals surface area contributed by atoms with Crippen LogP contribution in [-0.4, -0.2) is 0 Å². The summed E-state index contributed by atoms with van der Waals surface area (Å²) < 4.78 is 0. The van der Waals surface area contributed by atoms with Crippen LogP contribution in [0.1, 0.15) is 117 Å². The van der Waals surface area contributed by atoms with Gasteiger partial charge in [0.15, 0.2) is 0 Å². The van der Waals surface area contributed by atoms with E-state index in [1.807, 2.05) is 0 Å². The van der Waals surface area contributed by atoms with Crippen molar-refractivity contribution in [3.8, 4) is 0 Å². The molecule has 1 aliphatic rings. The van der Waals surface area contributed by atoms with Crippen molar-refractivity contribution in [2.45, 2.75) is 117 Å². The molecule has 0 bridgehead atoms. The molecule has 1 aliphatic carbocycles. The van der Waals surface area contributed by atoms with E-state index in [0.717, 1.165) is 5.41 Å². The van der Waals surface area contributed by atoms with Gasteiger partial charge in [0.05, 0.1) is 0 Å². The number of rotatable bonds is 11. The zero-order chi connectivity index (χ0) is 13.8. The molecule has 0 heteroatoms. The molecule has 0 heterocycles. The Balaban J connectivity index is 2.14. The smallest absolute Gasteiger partial charge is 0.0297 e.